The first-order valence-corrected chi connectivity index (χ1v) is 6.50. The van der Waals surface area contributed by atoms with Crippen molar-refractivity contribution in [3.8, 4) is 0 Å². The number of nitrogens with zero attached hydrogens (tertiary/aromatic N) is 2. The second-order valence-electron chi connectivity index (χ2n) is 3.97. The van der Waals surface area contributed by atoms with Crippen molar-refractivity contribution in [2.24, 2.45) is 0 Å². The van der Waals surface area contributed by atoms with Gasteiger partial charge in [-0.1, -0.05) is 6.07 Å². The molecule has 1 N–H and O–H groups in total. The van der Waals surface area contributed by atoms with Gasteiger partial charge in [0.1, 0.15) is 5.82 Å². The fourth-order valence-electron chi connectivity index (χ4n) is 1.74. The topological polar surface area (TPSA) is 29.9 Å². The van der Waals surface area contributed by atoms with E-state index in [0.717, 1.165) is 29.1 Å². The zero-order chi connectivity index (χ0) is 12.3. The Kier molecular flexibility index (Phi) is 3.84. The van der Waals surface area contributed by atoms with Gasteiger partial charge in [-0.2, -0.15) is 0 Å². The lowest BCUT2D eigenvalue weighted by atomic mass is 10.2. The van der Waals surface area contributed by atoms with E-state index >= 15 is 0 Å². The molecule has 0 unspecified atom stereocenters. The van der Waals surface area contributed by atoms with Crippen LogP contribution in [0.3, 0.4) is 0 Å². The van der Waals surface area contributed by atoms with Crippen molar-refractivity contribution in [2.45, 2.75) is 26.9 Å². The van der Waals surface area contributed by atoms with E-state index < -0.39 is 0 Å². The predicted octanol–water partition coefficient (Wildman–Crippen LogP) is 3.59. The normalized spacial score (nSPS) is 10.5. The van der Waals surface area contributed by atoms with Crippen molar-refractivity contribution < 1.29 is 0 Å². The van der Waals surface area contributed by atoms with Gasteiger partial charge in [-0.3, -0.25) is 0 Å². The average Bonchev–Trinajstić information content (AvgIpc) is 2.77. The number of benzene rings is 1. The van der Waals surface area contributed by atoms with Crippen LogP contribution in [0, 0.1) is 6.92 Å². The molecule has 4 heteroatoms. The summed E-state index contributed by atoms with van der Waals surface area (Å²) in [6.45, 7) is 5.90. The number of rotatable bonds is 4. The summed E-state index contributed by atoms with van der Waals surface area (Å²) in [4.78, 5) is 4.34. The molecule has 90 valence electrons. The predicted molar refractivity (Wildman–Crippen MR) is 74.1 cm³/mol. The number of anilines is 1. The second kappa shape index (κ2) is 5.36. The van der Waals surface area contributed by atoms with E-state index in [-0.39, 0.29) is 0 Å². The number of hydrogen-bond acceptors (Lipinski definition) is 2. The van der Waals surface area contributed by atoms with Gasteiger partial charge in [-0.25, -0.2) is 4.98 Å². The lowest BCUT2D eigenvalue weighted by molar-refractivity contribution is 0.708. The Morgan fingerprint density at radius 2 is 2.24 bits per heavy atom. The third-order valence-electron chi connectivity index (χ3n) is 2.70. The van der Waals surface area contributed by atoms with Crippen LogP contribution in [0.2, 0.25) is 0 Å². The third kappa shape index (κ3) is 2.88. The van der Waals surface area contributed by atoms with Crippen LogP contribution < -0.4 is 5.32 Å². The van der Waals surface area contributed by atoms with Crippen molar-refractivity contribution >= 4 is 21.6 Å². The quantitative estimate of drug-likeness (QED) is 0.934. The molecule has 0 amide bonds. The van der Waals surface area contributed by atoms with Crippen LogP contribution >= 0.6 is 15.9 Å². The van der Waals surface area contributed by atoms with Gasteiger partial charge in [-0.05, 0) is 47.5 Å². The molecular weight excluding hydrogens is 278 g/mol. The summed E-state index contributed by atoms with van der Waals surface area (Å²) in [5.74, 6) is 1.06. The van der Waals surface area contributed by atoms with Gasteiger partial charge in [0.15, 0.2) is 0 Å². The summed E-state index contributed by atoms with van der Waals surface area (Å²) in [5, 5.41) is 3.40. The molecule has 3 nitrogen and oxygen atoms in total. The molecule has 2 aromatic rings. The molecule has 0 saturated heterocycles. The van der Waals surface area contributed by atoms with Crippen LogP contribution in [-0.4, -0.2) is 9.55 Å². The molecule has 1 aromatic carbocycles. The molecule has 0 spiro atoms. The molecule has 0 radical (unpaired) electrons. The molecule has 1 aromatic heterocycles. The largest absolute Gasteiger partial charge is 0.377 e. The van der Waals surface area contributed by atoms with Crippen molar-refractivity contribution in [3.05, 3.63) is 46.5 Å². The SMILES string of the molecule is CCn1ccnc1CNc1cc(C)ccc1Br. The molecule has 2 rings (SSSR count). The third-order valence-corrected chi connectivity index (χ3v) is 3.39. The van der Waals surface area contributed by atoms with Gasteiger partial charge in [0, 0.05) is 29.1 Å². The summed E-state index contributed by atoms with van der Waals surface area (Å²) in [7, 11) is 0. The minimum Gasteiger partial charge on any atom is -0.377 e. The Morgan fingerprint density at radius 1 is 1.41 bits per heavy atom. The number of nitrogens with one attached hydrogen (secondary N) is 1. The second-order valence-corrected chi connectivity index (χ2v) is 4.82. The number of aryl methyl sites for hydroxylation is 2. The fraction of sp³-hybridized carbons (Fsp3) is 0.308. The molecule has 0 aliphatic rings. The van der Waals surface area contributed by atoms with Gasteiger partial charge in [0.2, 0.25) is 0 Å². The monoisotopic (exact) mass is 293 g/mol. The van der Waals surface area contributed by atoms with Crippen LogP contribution in [0.15, 0.2) is 35.1 Å². The zero-order valence-corrected chi connectivity index (χ0v) is 11.7. The van der Waals surface area contributed by atoms with Crippen LogP contribution in [0.4, 0.5) is 5.69 Å². The standard InChI is InChI=1S/C13H16BrN3/c1-3-17-7-6-15-13(17)9-16-12-8-10(2)4-5-11(12)14/h4-8,16H,3,9H2,1-2H3. The Bertz CT molecular complexity index is 505. The molecule has 1 heterocycles. The smallest absolute Gasteiger partial charge is 0.128 e. The van der Waals surface area contributed by atoms with Gasteiger partial charge in [-0.15, -0.1) is 0 Å². The maximum absolute atomic E-state index is 4.34. The highest BCUT2D eigenvalue weighted by atomic mass is 79.9. The Balaban J connectivity index is 2.09. The molecule has 0 saturated carbocycles. The van der Waals surface area contributed by atoms with Crippen molar-refractivity contribution in [2.75, 3.05) is 5.32 Å². The first kappa shape index (κ1) is 12.2. The van der Waals surface area contributed by atoms with E-state index in [9.17, 15) is 0 Å². The van der Waals surface area contributed by atoms with Gasteiger partial charge in [0.05, 0.1) is 6.54 Å². The molecule has 0 atom stereocenters. The molecule has 0 aliphatic heterocycles. The molecule has 0 bridgehead atoms. The highest BCUT2D eigenvalue weighted by Crippen LogP contribution is 2.23. The fourth-order valence-corrected chi connectivity index (χ4v) is 2.13. The number of halogens is 1. The van der Waals surface area contributed by atoms with Gasteiger partial charge < -0.3 is 9.88 Å². The summed E-state index contributed by atoms with van der Waals surface area (Å²) < 4.78 is 3.22. The van der Waals surface area contributed by atoms with Crippen LogP contribution in [-0.2, 0) is 13.1 Å². The van der Waals surface area contributed by atoms with Crippen molar-refractivity contribution in [1.29, 1.82) is 0 Å². The van der Waals surface area contributed by atoms with Crippen LogP contribution in [0.5, 0.6) is 0 Å². The summed E-state index contributed by atoms with van der Waals surface area (Å²) in [5.41, 5.74) is 2.35. The Labute approximate surface area is 110 Å². The summed E-state index contributed by atoms with van der Waals surface area (Å²) in [6, 6.07) is 6.27. The maximum Gasteiger partial charge on any atom is 0.128 e. The lowest BCUT2D eigenvalue weighted by Crippen LogP contribution is -2.07. The first-order valence-electron chi connectivity index (χ1n) is 5.70. The first-order chi connectivity index (χ1) is 8.20. The summed E-state index contributed by atoms with van der Waals surface area (Å²) in [6.07, 6.45) is 3.84. The van der Waals surface area contributed by atoms with Gasteiger partial charge in [0.25, 0.3) is 0 Å². The van der Waals surface area contributed by atoms with E-state index in [1.54, 1.807) is 0 Å². The van der Waals surface area contributed by atoms with E-state index in [1.165, 1.54) is 5.56 Å². The number of aromatic nitrogens is 2. The lowest BCUT2D eigenvalue weighted by Gasteiger charge is -2.10. The molecular formula is C13H16BrN3. The highest BCUT2D eigenvalue weighted by Gasteiger charge is 2.03. The number of imidazole rings is 1. The minimum absolute atomic E-state index is 0.739. The Hall–Kier alpha value is -1.29. The molecule has 17 heavy (non-hydrogen) atoms. The zero-order valence-electron chi connectivity index (χ0n) is 10.1. The van der Waals surface area contributed by atoms with E-state index in [1.807, 2.05) is 12.4 Å². The molecule has 0 aliphatic carbocycles. The van der Waals surface area contributed by atoms with E-state index in [2.05, 4.69) is 62.8 Å². The maximum atomic E-state index is 4.34. The van der Waals surface area contributed by atoms with E-state index in [4.69, 9.17) is 0 Å². The highest BCUT2D eigenvalue weighted by molar-refractivity contribution is 9.10. The van der Waals surface area contributed by atoms with Crippen LogP contribution in [0.25, 0.3) is 0 Å². The van der Waals surface area contributed by atoms with Crippen molar-refractivity contribution in [1.82, 2.24) is 9.55 Å². The average molecular weight is 294 g/mol. The number of hydrogen-bond donors (Lipinski definition) is 1. The summed E-state index contributed by atoms with van der Waals surface area (Å²) >= 11 is 3.54. The minimum atomic E-state index is 0.739. The molecule has 0 fully saturated rings. The van der Waals surface area contributed by atoms with Gasteiger partial charge >= 0.3 is 0 Å². The Morgan fingerprint density at radius 3 is 3.00 bits per heavy atom. The van der Waals surface area contributed by atoms with Crippen molar-refractivity contribution in [3.63, 3.8) is 0 Å². The van der Waals surface area contributed by atoms with E-state index in [0.29, 0.717) is 0 Å². The van der Waals surface area contributed by atoms with Crippen LogP contribution in [0.1, 0.15) is 18.3 Å².